The second kappa shape index (κ2) is 3.90. The van der Waals surface area contributed by atoms with E-state index in [1.165, 1.54) is 6.07 Å². The number of pyridine rings is 1. The summed E-state index contributed by atoms with van der Waals surface area (Å²) in [6, 6.07) is 6.78. The van der Waals surface area contributed by atoms with Gasteiger partial charge in [0.2, 0.25) is 0 Å². The molecule has 2 aromatic rings. The molecule has 2 rings (SSSR count). The summed E-state index contributed by atoms with van der Waals surface area (Å²) < 4.78 is 1.64. The van der Waals surface area contributed by atoms with Gasteiger partial charge in [-0.25, -0.2) is 0 Å². The van der Waals surface area contributed by atoms with E-state index in [2.05, 4.69) is 0 Å². The zero-order valence-corrected chi connectivity index (χ0v) is 9.12. The van der Waals surface area contributed by atoms with Gasteiger partial charge in [0.1, 0.15) is 5.75 Å². The summed E-state index contributed by atoms with van der Waals surface area (Å²) in [7, 11) is 0. The maximum atomic E-state index is 11.6. The molecule has 0 fully saturated rings. The molecule has 0 bridgehead atoms. The largest absolute Gasteiger partial charge is 0.508 e. The summed E-state index contributed by atoms with van der Waals surface area (Å²) in [4.78, 5) is 12.7. The van der Waals surface area contributed by atoms with E-state index in [1.54, 1.807) is 22.0 Å². The Morgan fingerprint density at radius 2 is 2.27 bits per heavy atom. The van der Waals surface area contributed by atoms with Crippen molar-refractivity contribution in [1.82, 2.24) is 4.57 Å². The van der Waals surface area contributed by atoms with Crippen molar-refractivity contribution in [1.29, 1.82) is 0 Å². The normalized spacial score (nSPS) is 10.5. The monoisotopic (exact) mass is 221 g/mol. The molecule has 15 heavy (non-hydrogen) atoms. The van der Waals surface area contributed by atoms with E-state index >= 15 is 0 Å². The van der Waals surface area contributed by atoms with Gasteiger partial charge in [-0.3, -0.25) is 4.79 Å². The van der Waals surface area contributed by atoms with E-state index in [4.69, 9.17) is 0 Å². The minimum atomic E-state index is -0.166. The lowest BCUT2D eigenvalue weighted by molar-refractivity contribution is 0.470. The molecule has 0 aliphatic carbocycles. The van der Waals surface area contributed by atoms with Crippen molar-refractivity contribution >= 4 is 11.3 Å². The van der Waals surface area contributed by atoms with Gasteiger partial charge in [-0.05, 0) is 24.4 Å². The Morgan fingerprint density at radius 3 is 2.87 bits per heavy atom. The van der Waals surface area contributed by atoms with Crippen molar-refractivity contribution in [2.24, 2.45) is 0 Å². The average molecular weight is 221 g/mol. The van der Waals surface area contributed by atoms with Gasteiger partial charge in [0, 0.05) is 16.6 Å². The fourth-order valence-electron chi connectivity index (χ4n) is 1.47. The van der Waals surface area contributed by atoms with Crippen LogP contribution in [0, 0.1) is 6.92 Å². The second-order valence-electron chi connectivity index (χ2n) is 3.36. The van der Waals surface area contributed by atoms with E-state index in [0.29, 0.717) is 6.54 Å². The lowest BCUT2D eigenvalue weighted by Gasteiger charge is -2.08. The van der Waals surface area contributed by atoms with E-state index in [1.807, 2.05) is 24.4 Å². The van der Waals surface area contributed by atoms with Crippen molar-refractivity contribution in [3.05, 3.63) is 50.6 Å². The lowest BCUT2D eigenvalue weighted by Crippen LogP contribution is -2.21. The first-order chi connectivity index (χ1) is 7.16. The molecule has 0 aliphatic rings. The topological polar surface area (TPSA) is 42.2 Å². The molecule has 0 saturated carbocycles. The standard InChI is InChI=1S/C11H11NO2S/c1-8-5-9(13)6-11(14)12(8)7-10-3-2-4-15-10/h2-6,13H,7H2,1H3. The maximum absolute atomic E-state index is 11.6. The highest BCUT2D eigenvalue weighted by atomic mass is 32.1. The first-order valence-corrected chi connectivity index (χ1v) is 5.47. The second-order valence-corrected chi connectivity index (χ2v) is 4.39. The summed E-state index contributed by atoms with van der Waals surface area (Å²) in [6.07, 6.45) is 0. The predicted molar refractivity (Wildman–Crippen MR) is 60.5 cm³/mol. The number of aromatic nitrogens is 1. The molecule has 4 heteroatoms. The number of rotatable bonds is 2. The van der Waals surface area contributed by atoms with Gasteiger partial charge >= 0.3 is 0 Å². The Bertz CT molecular complexity index is 514. The van der Waals surface area contributed by atoms with Gasteiger partial charge in [0.15, 0.2) is 0 Å². The molecular formula is C11H11NO2S. The van der Waals surface area contributed by atoms with Gasteiger partial charge < -0.3 is 9.67 Å². The molecular weight excluding hydrogens is 210 g/mol. The van der Waals surface area contributed by atoms with Crippen LogP contribution in [0.15, 0.2) is 34.4 Å². The number of aryl methyl sites for hydroxylation is 1. The molecule has 0 aromatic carbocycles. The van der Waals surface area contributed by atoms with Crippen LogP contribution in [0.3, 0.4) is 0 Å². The van der Waals surface area contributed by atoms with Gasteiger partial charge in [0.25, 0.3) is 5.56 Å². The van der Waals surface area contributed by atoms with Crippen molar-refractivity contribution in [3.8, 4) is 5.75 Å². The van der Waals surface area contributed by atoms with Gasteiger partial charge in [-0.2, -0.15) is 0 Å². The Hall–Kier alpha value is -1.55. The molecule has 0 unspecified atom stereocenters. The first kappa shape index (κ1) is 9.98. The number of hydrogen-bond donors (Lipinski definition) is 1. The molecule has 2 heterocycles. The Morgan fingerprint density at radius 1 is 1.47 bits per heavy atom. The molecule has 0 atom stereocenters. The van der Waals surface area contributed by atoms with Crippen LogP contribution in [0.5, 0.6) is 5.75 Å². The van der Waals surface area contributed by atoms with Gasteiger partial charge in [-0.15, -0.1) is 11.3 Å². The quantitative estimate of drug-likeness (QED) is 0.842. The van der Waals surface area contributed by atoms with E-state index < -0.39 is 0 Å². The average Bonchev–Trinajstić information content (AvgIpc) is 2.63. The molecule has 0 amide bonds. The van der Waals surface area contributed by atoms with E-state index in [-0.39, 0.29) is 11.3 Å². The maximum Gasteiger partial charge on any atom is 0.254 e. The summed E-state index contributed by atoms with van der Waals surface area (Å²) in [5.41, 5.74) is 0.606. The van der Waals surface area contributed by atoms with Crippen LogP contribution in [0.25, 0.3) is 0 Å². The molecule has 0 radical (unpaired) electrons. The van der Waals surface area contributed by atoms with Crippen LogP contribution in [0.2, 0.25) is 0 Å². The van der Waals surface area contributed by atoms with E-state index in [0.717, 1.165) is 10.6 Å². The smallest absolute Gasteiger partial charge is 0.254 e. The molecule has 2 aromatic heterocycles. The summed E-state index contributed by atoms with van der Waals surface area (Å²) in [6.45, 7) is 2.39. The molecule has 1 N–H and O–H groups in total. The number of thiophene rings is 1. The van der Waals surface area contributed by atoms with Crippen molar-refractivity contribution in [3.63, 3.8) is 0 Å². The fraction of sp³-hybridized carbons (Fsp3) is 0.182. The van der Waals surface area contributed by atoms with Crippen LogP contribution in [-0.4, -0.2) is 9.67 Å². The number of aromatic hydroxyl groups is 1. The Balaban J connectivity index is 2.41. The van der Waals surface area contributed by atoms with Crippen molar-refractivity contribution in [2.75, 3.05) is 0 Å². The minimum Gasteiger partial charge on any atom is -0.508 e. The van der Waals surface area contributed by atoms with Crippen LogP contribution in [-0.2, 0) is 6.54 Å². The lowest BCUT2D eigenvalue weighted by atomic mass is 10.3. The SMILES string of the molecule is Cc1cc(O)cc(=O)n1Cc1cccs1. The third-order valence-corrected chi connectivity index (χ3v) is 3.08. The van der Waals surface area contributed by atoms with Crippen molar-refractivity contribution in [2.45, 2.75) is 13.5 Å². The number of hydrogen-bond acceptors (Lipinski definition) is 3. The van der Waals surface area contributed by atoms with E-state index in [9.17, 15) is 9.90 Å². The zero-order valence-electron chi connectivity index (χ0n) is 8.30. The fourth-order valence-corrected chi connectivity index (χ4v) is 2.17. The van der Waals surface area contributed by atoms with Gasteiger partial charge in [-0.1, -0.05) is 6.07 Å². The molecule has 0 spiro atoms. The third kappa shape index (κ3) is 2.10. The molecule has 0 aliphatic heterocycles. The highest BCUT2D eigenvalue weighted by molar-refractivity contribution is 7.09. The summed E-state index contributed by atoms with van der Waals surface area (Å²) >= 11 is 1.62. The minimum absolute atomic E-state index is 0.0277. The van der Waals surface area contributed by atoms with Crippen LogP contribution >= 0.6 is 11.3 Å². The van der Waals surface area contributed by atoms with Crippen LogP contribution < -0.4 is 5.56 Å². The highest BCUT2D eigenvalue weighted by Crippen LogP contribution is 2.12. The summed E-state index contributed by atoms with van der Waals surface area (Å²) in [5.74, 6) is 0.0277. The van der Waals surface area contributed by atoms with Crippen LogP contribution in [0.1, 0.15) is 10.6 Å². The Kier molecular flexibility index (Phi) is 2.60. The predicted octanol–water partition coefficient (Wildman–Crippen LogP) is 1.97. The summed E-state index contributed by atoms with van der Waals surface area (Å²) in [5, 5.41) is 11.2. The number of nitrogens with zero attached hydrogens (tertiary/aromatic N) is 1. The molecule has 78 valence electrons. The van der Waals surface area contributed by atoms with Crippen molar-refractivity contribution < 1.29 is 5.11 Å². The first-order valence-electron chi connectivity index (χ1n) is 4.59. The Labute approximate surface area is 91.2 Å². The molecule has 3 nitrogen and oxygen atoms in total. The highest BCUT2D eigenvalue weighted by Gasteiger charge is 2.03. The third-order valence-electron chi connectivity index (χ3n) is 2.21. The molecule has 0 saturated heterocycles. The zero-order chi connectivity index (χ0) is 10.8. The van der Waals surface area contributed by atoms with Crippen LogP contribution in [0.4, 0.5) is 0 Å². The van der Waals surface area contributed by atoms with Gasteiger partial charge in [0.05, 0.1) is 6.54 Å².